The maximum atomic E-state index is 10.4. The van der Waals surface area contributed by atoms with E-state index in [1.807, 2.05) is 13.8 Å². The van der Waals surface area contributed by atoms with Crippen molar-refractivity contribution >= 4 is 5.97 Å². The molecule has 0 amide bonds. The number of nitrogens with zero attached hydrogens (tertiary/aromatic N) is 1. The molecule has 4 heteroatoms. The quantitative estimate of drug-likeness (QED) is 0.803. The molecular formula is C10H15NO3. The smallest absolute Gasteiger partial charge is 0.303 e. The van der Waals surface area contributed by atoms with Crippen molar-refractivity contribution in [2.75, 3.05) is 0 Å². The van der Waals surface area contributed by atoms with Gasteiger partial charge in [-0.2, -0.15) is 0 Å². The molecule has 0 bridgehead atoms. The monoisotopic (exact) mass is 197 g/mol. The first-order valence-electron chi connectivity index (χ1n) is 4.68. The van der Waals surface area contributed by atoms with Crippen LogP contribution in [0.25, 0.3) is 0 Å². The fourth-order valence-electron chi connectivity index (χ4n) is 1.34. The Morgan fingerprint density at radius 1 is 1.57 bits per heavy atom. The average molecular weight is 197 g/mol. The van der Waals surface area contributed by atoms with E-state index in [9.17, 15) is 4.79 Å². The summed E-state index contributed by atoms with van der Waals surface area (Å²) in [6.07, 6.45) is 0.512. The van der Waals surface area contributed by atoms with Gasteiger partial charge in [-0.05, 0) is 5.92 Å². The number of carboxylic acids is 1. The van der Waals surface area contributed by atoms with Gasteiger partial charge in [0.15, 0.2) is 5.89 Å². The first kappa shape index (κ1) is 10.8. The van der Waals surface area contributed by atoms with Crippen LogP contribution in [0.3, 0.4) is 0 Å². The van der Waals surface area contributed by atoms with Crippen LogP contribution in [-0.4, -0.2) is 16.1 Å². The predicted octanol–water partition coefficient (Wildman–Crippen LogP) is 2.12. The number of hydrogen-bond acceptors (Lipinski definition) is 3. The second-order valence-corrected chi connectivity index (χ2v) is 3.59. The molecule has 0 saturated carbocycles. The van der Waals surface area contributed by atoms with Gasteiger partial charge >= 0.3 is 5.97 Å². The molecule has 0 atom stereocenters. The minimum absolute atomic E-state index is 0.0916. The van der Waals surface area contributed by atoms with E-state index < -0.39 is 5.97 Å². The number of hydrogen-bond donors (Lipinski definition) is 1. The topological polar surface area (TPSA) is 63.3 Å². The Kier molecular flexibility index (Phi) is 3.28. The van der Waals surface area contributed by atoms with Crippen molar-refractivity contribution < 1.29 is 14.3 Å². The van der Waals surface area contributed by atoms with Crippen LogP contribution in [0.4, 0.5) is 0 Å². The van der Waals surface area contributed by atoms with Crippen LogP contribution in [0.15, 0.2) is 4.42 Å². The van der Waals surface area contributed by atoms with E-state index in [1.54, 1.807) is 6.92 Å². The lowest BCUT2D eigenvalue weighted by atomic mass is 10.1. The summed E-state index contributed by atoms with van der Waals surface area (Å²) in [7, 11) is 0. The molecule has 0 fully saturated rings. The maximum absolute atomic E-state index is 10.4. The Hall–Kier alpha value is -1.32. The molecular weight excluding hydrogens is 182 g/mol. The van der Waals surface area contributed by atoms with Crippen molar-refractivity contribution in [3.8, 4) is 0 Å². The third-order valence-electron chi connectivity index (χ3n) is 1.95. The molecule has 0 aliphatic heterocycles. The van der Waals surface area contributed by atoms with Crippen molar-refractivity contribution in [2.24, 2.45) is 0 Å². The van der Waals surface area contributed by atoms with Crippen LogP contribution >= 0.6 is 0 Å². The van der Waals surface area contributed by atoms with Gasteiger partial charge < -0.3 is 9.52 Å². The molecule has 0 aliphatic carbocycles. The molecule has 1 rings (SSSR count). The highest BCUT2D eigenvalue weighted by Crippen LogP contribution is 2.20. The van der Waals surface area contributed by atoms with Crippen molar-refractivity contribution in [3.05, 3.63) is 17.3 Å². The first-order chi connectivity index (χ1) is 6.50. The molecule has 1 N–H and O–H groups in total. The number of aliphatic carboxylic acids is 1. The highest BCUT2D eigenvalue weighted by atomic mass is 16.4. The molecule has 0 aliphatic rings. The van der Waals surface area contributed by atoms with Gasteiger partial charge in [0.2, 0.25) is 0 Å². The number of carbonyl (C=O) groups is 1. The summed E-state index contributed by atoms with van der Waals surface area (Å²) in [5, 5.41) is 8.55. The van der Waals surface area contributed by atoms with E-state index in [4.69, 9.17) is 9.52 Å². The first-order valence-corrected chi connectivity index (χ1v) is 4.68. The molecule has 1 aromatic heterocycles. The summed E-state index contributed by atoms with van der Waals surface area (Å²) < 4.78 is 5.35. The Balaban J connectivity index is 2.79. The zero-order valence-electron chi connectivity index (χ0n) is 8.70. The van der Waals surface area contributed by atoms with E-state index in [1.165, 1.54) is 0 Å². The number of rotatable bonds is 4. The van der Waals surface area contributed by atoms with Crippen LogP contribution in [-0.2, 0) is 11.2 Å². The largest absolute Gasteiger partial charge is 0.481 e. The van der Waals surface area contributed by atoms with Crippen LogP contribution in [0.1, 0.15) is 43.5 Å². The molecule has 14 heavy (non-hydrogen) atoms. The van der Waals surface area contributed by atoms with Crippen LogP contribution < -0.4 is 0 Å². The standard InChI is InChI=1S/C10H15NO3/c1-6(2)10-8(4-5-9(12)13)14-7(3)11-10/h6H,4-5H2,1-3H3,(H,12,13). The predicted molar refractivity (Wildman–Crippen MR) is 51.3 cm³/mol. The van der Waals surface area contributed by atoms with Gasteiger partial charge in [-0.3, -0.25) is 4.79 Å². The zero-order valence-corrected chi connectivity index (χ0v) is 8.70. The normalized spacial score (nSPS) is 10.9. The molecule has 0 aromatic carbocycles. The minimum atomic E-state index is -0.811. The van der Waals surface area contributed by atoms with Gasteiger partial charge in [-0.25, -0.2) is 4.98 Å². The van der Waals surface area contributed by atoms with Gasteiger partial charge in [0.25, 0.3) is 0 Å². The molecule has 0 radical (unpaired) electrons. The molecule has 78 valence electrons. The van der Waals surface area contributed by atoms with Crippen molar-refractivity contribution in [2.45, 2.75) is 39.5 Å². The molecule has 4 nitrogen and oxygen atoms in total. The fourth-order valence-corrected chi connectivity index (χ4v) is 1.34. The van der Waals surface area contributed by atoms with Crippen LogP contribution in [0.5, 0.6) is 0 Å². The summed E-state index contributed by atoms with van der Waals surface area (Å²) in [5.41, 5.74) is 0.878. The maximum Gasteiger partial charge on any atom is 0.303 e. The summed E-state index contributed by atoms with van der Waals surface area (Å²) in [6.45, 7) is 5.80. The van der Waals surface area contributed by atoms with E-state index in [0.717, 1.165) is 5.69 Å². The average Bonchev–Trinajstić information content (AvgIpc) is 2.43. The Morgan fingerprint density at radius 2 is 2.21 bits per heavy atom. The minimum Gasteiger partial charge on any atom is -0.481 e. The number of carboxylic acid groups (broad SMARTS) is 1. The lowest BCUT2D eigenvalue weighted by Gasteiger charge is -2.01. The Bertz CT molecular complexity index is 328. The van der Waals surface area contributed by atoms with E-state index in [0.29, 0.717) is 18.1 Å². The summed E-state index contributed by atoms with van der Waals surface area (Å²) in [6, 6.07) is 0. The second kappa shape index (κ2) is 4.26. The van der Waals surface area contributed by atoms with Gasteiger partial charge in [0.05, 0.1) is 12.1 Å². The van der Waals surface area contributed by atoms with Crippen LogP contribution in [0.2, 0.25) is 0 Å². The van der Waals surface area contributed by atoms with Gasteiger partial charge in [-0.15, -0.1) is 0 Å². The fraction of sp³-hybridized carbons (Fsp3) is 0.600. The van der Waals surface area contributed by atoms with Crippen molar-refractivity contribution in [3.63, 3.8) is 0 Å². The SMILES string of the molecule is Cc1nc(C(C)C)c(CCC(=O)O)o1. The number of oxazole rings is 1. The lowest BCUT2D eigenvalue weighted by molar-refractivity contribution is -0.137. The van der Waals surface area contributed by atoms with Crippen molar-refractivity contribution in [1.82, 2.24) is 4.98 Å². The third kappa shape index (κ3) is 2.58. The molecule has 0 unspecified atom stereocenters. The molecule has 0 spiro atoms. The van der Waals surface area contributed by atoms with Crippen molar-refractivity contribution in [1.29, 1.82) is 0 Å². The van der Waals surface area contributed by atoms with Gasteiger partial charge in [0.1, 0.15) is 5.76 Å². The zero-order chi connectivity index (χ0) is 10.7. The molecule has 1 heterocycles. The third-order valence-corrected chi connectivity index (χ3v) is 1.95. The summed E-state index contributed by atoms with van der Waals surface area (Å²) >= 11 is 0. The summed E-state index contributed by atoms with van der Waals surface area (Å²) in [4.78, 5) is 14.6. The number of aromatic nitrogens is 1. The summed E-state index contributed by atoms with van der Waals surface area (Å²) in [5.74, 6) is 0.777. The van der Waals surface area contributed by atoms with E-state index in [-0.39, 0.29) is 12.3 Å². The number of aryl methyl sites for hydroxylation is 2. The molecule has 1 aromatic rings. The second-order valence-electron chi connectivity index (χ2n) is 3.59. The Morgan fingerprint density at radius 3 is 2.71 bits per heavy atom. The molecule has 0 saturated heterocycles. The highest BCUT2D eigenvalue weighted by Gasteiger charge is 2.14. The Labute approximate surface area is 83.0 Å². The highest BCUT2D eigenvalue weighted by molar-refractivity contribution is 5.66. The van der Waals surface area contributed by atoms with Gasteiger partial charge in [-0.1, -0.05) is 13.8 Å². The van der Waals surface area contributed by atoms with Gasteiger partial charge in [0, 0.05) is 13.3 Å². The lowest BCUT2D eigenvalue weighted by Crippen LogP contribution is -2.00. The van der Waals surface area contributed by atoms with E-state index >= 15 is 0 Å². The van der Waals surface area contributed by atoms with Crippen LogP contribution in [0, 0.1) is 6.92 Å². The van der Waals surface area contributed by atoms with E-state index in [2.05, 4.69) is 4.98 Å².